The van der Waals surface area contributed by atoms with Crippen molar-refractivity contribution in [1.82, 2.24) is 0 Å². The predicted octanol–water partition coefficient (Wildman–Crippen LogP) is 1.13. The van der Waals surface area contributed by atoms with Gasteiger partial charge in [0, 0.05) is 0 Å². The van der Waals surface area contributed by atoms with E-state index in [-0.39, 0.29) is 0 Å². The number of carbonyl (C=O) groups is 1. The van der Waals surface area contributed by atoms with Crippen LogP contribution in [-0.2, 0) is 9.53 Å². The summed E-state index contributed by atoms with van der Waals surface area (Å²) in [6, 6.07) is 0. The van der Waals surface area contributed by atoms with E-state index in [1.807, 2.05) is 6.92 Å². The zero-order valence-electron chi connectivity index (χ0n) is 5.18. The molecule has 46 valence electrons. The third kappa shape index (κ3) is 2.39. The molecule has 2 heteroatoms. The van der Waals surface area contributed by atoms with Crippen LogP contribution < -0.4 is 0 Å². The molecule has 0 radical (unpaired) electrons. The molecule has 0 fully saturated rings. The Hall–Kier alpha value is -0.790. The van der Waals surface area contributed by atoms with Gasteiger partial charge in [0.25, 0.3) is 0 Å². The third-order valence-electron chi connectivity index (χ3n) is 0.757. The van der Waals surface area contributed by atoms with E-state index in [0.717, 1.165) is 6.42 Å². The molecule has 0 aromatic heterocycles. The van der Waals surface area contributed by atoms with Crippen molar-refractivity contribution in [2.24, 2.45) is 0 Å². The molecule has 0 spiro atoms. The molecule has 0 aliphatic rings. The highest BCUT2D eigenvalue weighted by atomic mass is 16.5. The minimum Gasteiger partial charge on any atom is -0.494 e. The number of allylic oxidation sites excluding steroid dienone is 2. The fraction of sp³-hybridized carbons (Fsp3) is 0.500. The molecule has 0 heterocycles. The summed E-state index contributed by atoms with van der Waals surface area (Å²) in [5.41, 5.74) is 0. The second-order valence-corrected chi connectivity index (χ2v) is 1.34. The highest BCUT2D eigenvalue weighted by Crippen LogP contribution is 1.90. The van der Waals surface area contributed by atoms with Crippen molar-refractivity contribution >= 4 is 6.29 Å². The van der Waals surface area contributed by atoms with Crippen molar-refractivity contribution in [2.45, 2.75) is 13.3 Å². The summed E-state index contributed by atoms with van der Waals surface area (Å²) in [6.07, 6.45) is 3.26. The fourth-order valence-corrected chi connectivity index (χ4v) is 0.381. The third-order valence-corrected chi connectivity index (χ3v) is 0.757. The van der Waals surface area contributed by atoms with Gasteiger partial charge in [-0.1, -0.05) is 6.92 Å². The molecule has 2 nitrogen and oxygen atoms in total. The second kappa shape index (κ2) is 4.37. The molecule has 0 atom stereocenters. The highest BCUT2D eigenvalue weighted by molar-refractivity contribution is 5.69. The Labute approximate surface area is 49.1 Å². The van der Waals surface area contributed by atoms with Crippen LogP contribution >= 0.6 is 0 Å². The molecule has 0 aliphatic heterocycles. The standard InChI is InChI=1S/C6H10O2/c1-3-4-6(5-7)8-2/h4-5H,3H2,1-2H3/b6-4-. The van der Waals surface area contributed by atoms with Gasteiger partial charge < -0.3 is 4.74 Å². The van der Waals surface area contributed by atoms with Crippen molar-refractivity contribution in [2.75, 3.05) is 7.11 Å². The molecule has 0 saturated heterocycles. The Morgan fingerprint density at radius 1 is 1.75 bits per heavy atom. The van der Waals surface area contributed by atoms with E-state index in [1.54, 1.807) is 6.08 Å². The Morgan fingerprint density at radius 2 is 2.38 bits per heavy atom. The first-order valence-electron chi connectivity index (χ1n) is 2.54. The van der Waals surface area contributed by atoms with Gasteiger partial charge in [0.15, 0.2) is 12.0 Å². The zero-order valence-corrected chi connectivity index (χ0v) is 5.18. The number of aldehydes is 1. The summed E-state index contributed by atoms with van der Waals surface area (Å²) in [5.74, 6) is 0.410. The first kappa shape index (κ1) is 7.21. The minimum atomic E-state index is 0.410. The molecule has 0 aromatic carbocycles. The maximum absolute atomic E-state index is 9.93. The SMILES string of the molecule is CC/C=C(/C=O)OC. The van der Waals surface area contributed by atoms with Crippen LogP contribution in [0.15, 0.2) is 11.8 Å². The van der Waals surface area contributed by atoms with Gasteiger partial charge in [0.2, 0.25) is 0 Å². The summed E-state index contributed by atoms with van der Waals surface area (Å²) < 4.78 is 4.63. The molecule has 0 rings (SSSR count). The van der Waals surface area contributed by atoms with Gasteiger partial charge in [-0.3, -0.25) is 4.79 Å². The predicted molar refractivity (Wildman–Crippen MR) is 31.4 cm³/mol. The topological polar surface area (TPSA) is 26.3 Å². The highest BCUT2D eigenvalue weighted by Gasteiger charge is 1.85. The number of rotatable bonds is 3. The maximum Gasteiger partial charge on any atom is 0.184 e. The molecule has 0 unspecified atom stereocenters. The molecule has 0 saturated carbocycles. The Bertz CT molecular complexity index is 94.7. The Kier molecular flexibility index (Phi) is 3.94. The lowest BCUT2D eigenvalue weighted by Gasteiger charge is -1.92. The lowest BCUT2D eigenvalue weighted by Crippen LogP contribution is -1.85. The molecular formula is C6H10O2. The Morgan fingerprint density at radius 3 is 2.50 bits per heavy atom. The summed E-state index contributed by atoms with van der Waals surface area (Å²) >= 11 is 0. The maximum atomic E-state index is 9.93. The summed E-state index contributed by atoms with van der Waals surface area (Å²) in [7, 11) is 1.48. The van der Waals surface area contributed by atoms with E-state index < -0.39 is 0 Å². The fourth-order valence-electron chi connectivity index (χ4n) is 0.381. The first-order chi connectivity index (χ1) is 3.85. The summed E-state index contributed by atoms with van der Waals surface area (Å²) in [5, 5.41) is 0. The average Bonchev–Trinajstić information content (AvgIpc) is 1.83. The van der Waals surface area contributed by atoms with Crippen LogP contribution in [-0.4, -0.2) is 13.4 Å². The molecule has 0 N–H and O–H groups in total. The van der Waals surface area contributed by atoms with Crippen LogP contribution in [0.3, 0.4) is 0 Å². The van der Waals surface area contributed by atoms with Gasteiger partial charge in [-0.15, -0.1) is 0 Å². The monoisotopic (exact) mass is 114 g/mol. The van der Waals surface area contributed by atoms with Gasteiger partial charge >= 0.3 is 0 Å². The lowest BCUT2D eigenvalue weighted by atomic mass is 10.4. The second-order valence-electron chi connectivity index (χ2n) is 1.34. The quantitative estimate of drug-likeness (QED) is 0.312. The van der Waals surface area contributed by atoms with E-state index in [4.69, 9.17) is 0 Å². The van der Waals surface area contributed by atoms with Crippen LogP contribution in [0.2, 0.25) is 0 Å². The molecule has 0 bridgehead atoms. The number of hydrogen-bond acceptors (Lipinski definition) is 2. The summed E-state index contributed by atoms with van der Waals surface area (Å²) in [6.45, 7) is 1.95. The number of methoxy groups -OCH3 is 1. The zero-order chi connectivity index (χ0) is 6.41. The molecule has 0 amide bonds. The smallest absolute Gasteiger partial charge is 0.184 e. The van der Waals surface area contributed by atoms with E-state index in [9.17, 15) is 4.79 Å². The molecule has 0 aliphatic carbocycles. The largest absolute Gasteiger partial charge is 0.494 e. The molecular weight excluding hydrogens is 104 g/mol. The van der Waals surface area contributed by atoms with Gasteiger partial charge in [-0.2, -0.15) is 0 Å². The number of hydrogen-bond donors (Lipinski definition) is 0. The minimum absolute atomic E-state index is 0.410. The van der Waals surface area contributed by atoms with Crippen LogP contribution in [0.4, 0.5) is 0 Å². The van der Waals surface area contributed by atoms with E-state index in [2.05, 4.69) is 4.74 Å². The normalized spacial score (nSPS) is 11.0. The lowest BCUT2D eigenvalue weighted by molar-refractivity contribution is -0.107. The van der Waals surface area contributed by atoms with Gasteiger partial charge in [-0.05, 0) is 12.5 Å². The van der Waals surface area contributed by atoms with Crippen LogP contribution in [0.5, 0.6) is 0 Å². The van der Waals surface area contributed by atoms with Crippen molar-refractivity contribution < 1.29 is 9.53 Å². The first-order valence-corrected chi connectivity index (χ1v) is 2.54. The summed E-state index contributed by atoms with van der Waals surface area (Å²) in [4.78, 5) is 9.93. The van der Waals surface area contributed by atoms with Crippen LogP contribution in [0.1, 0.15) is 13.3 Å². The van der Waals surface area contributed by atoms with Crippen molar-refractivity contribution in [3.8, 4) is 0 Å². The van der Waals surface area contributed by atoms with E-state index >= 15 is 0 Å². The van der Waals surface area contributed by atoms with Gasteiger partial charge in [-0.25, -0.2) is 0 Å². The van der Waals surface area contributed by atoms with Crippen LogP contribution in [0, 0.1) is 0 Å². The van der Waals surface area contributed by atoms with E-state index in [1.165, 1.54) is 7.11 Å². The molecule has 0 aromatic rings. The number of carbonyl (C=O) groups excluding carboxylic acids is 1. The van der Waals surface area contributed by atoms with Crippen molar-refractivity contribution in [3.63, 3.8) is 0 Å². The van der Waals surface area contributed by atoms with Crippen molar-refractivity contribution in [1.29, 1.82) is 0 Å². The van der Waals surface area contributed by atoms with E-state index in [0.29, 0.717) is 12.0 Å². The van der Waals surface area contributed by atoms with Gasteiger partial charge in [0.05, 0.1) is 7.11 Å². The average molecular weight is 114 g/mol. The molecule has 8 heavy (non-hydrogen) atoms. The van der Waals surface area contributed by atoms with Crippen LogP contribution in [0.25, 0.3) is 0 Å². The van der Waals surface area contributed by atoms with Crippen molar-refractivity contribution in [3.05, 3.63) is 11.8 Å². The Balaban J connectivity index is 3.66. The number of ether oxygens (including phenoxy) is 1. The van der Waals surface area contributed by atoms with Gasteiger partial charge in [0.1, 0.15) is 0 Å².